The highest BCUT2D eigenvalue weighted by Crippen LogP contribution is 2.09. The first kappa shape index (κ1) is 12.9. The van der Waals surface area contributed by atoms with Crippen LogP contribution in [0.5, 0.6) is 0 Å². The van der Waals surface area contributed by atoms with Crippen LogP contribution in [0.25, 0.3) is 0 Å². The number of hydrogen-bond donors (Lipinski definition) is 1. The number of hydrogen-bond acceptors (Lipinski definition) is 3. The third-order valence-electron chi connectivity index (χ3n) is 3.04. The first-order valence-electron chi connectivity index (χ1n) is 6.33. The molecule has 1 heterocycles. The van der Waals surface area contributed by atoms with Gasteiger partial charge in [-0.1, -0.05) is 6.92 Å². The van der Waals surface area contributed by atoms with Gasteiger partial charge in [0.2, 0.25) is 0 Å². The van der Waals surface area contributed by atoms with Crippen LogP contribution in [0.2, 0.25) is 0 Å². The van der Waals surface area contributed by atoms with Gasteiger partial charge in [-0.05, 0) is 59.5 Å². The van der Waals surface area contributed by atoms with Crippen molar-refractivity contribution in [3.8, 4) is 0 Å². The zero-order valence-electron chi connectivity index (χ0n) is 10.6. The molecule has 90 valence electrons. The van der Waals surface area contributed by atoms with E-state index in [-0.39, 0.29) is 0 Å². The summed E-state index contributed by atoms with van der Waals surface area (Å²) in [4.78, 5) is 4.86. The quantitative estimate of drug-likeness (QED) is 0.681. The van der Waals surface area contributed by atoms with E-state index in [0.717, 1.165) is 6.04 Å². The van der Waals surface area contributed by atoms with Gasteiger partial charge in [0.15, 0.2) is 0 Å². The van der Waals surface area contributed by atoms with E-state index in [1.807, 2.05) is 0 Å². The molecule has 0 saturated carbocycles. The minimum Gasteiger partial charge on any atom is -0.313 e. The Morgan fingerprint density at radius 2 is 2.20 bits per heavy atom. The Bertz CT molecular complexity index is 159. The Morgan fingerprint density at radius 3 is 2.87 bits per heavy atom. The molecule has 1 unspecified atom stereocenters. The predicted octanol–water partition coefficient (Wildman–Crippen LogP) is 1.01. The van der Waals surface area contributed by atoms with Crippen LogP contribution in [-0.4, -0.2) is 62.7 Å². The highest BCUT2D eigenvalue weighted by Gasteiger charge is 2.20. The number of rotatable bonds is 7. The van der Waals surface area contributed by atoms with Gasteiger partial charge in [-0.2, -0.15) is 0 Å². The maximum Gasteiger partial charge on any atom is 0.0207 e. The molecule has 0 bridgehead atoms. The standard InChI is InChI=1S/C12H27N3/c1-4-7-13-12-6-10-15(11-12)9-5-8-14(2)3/h12-13H,4-11H2,1-3H3. The van der Waals surface area contributed by atoms with Crippen LogP contribution in [0.4, 0.5) is 0 Å². The molecule has 0 aromatic carbocycles. The lowest BCUT2D eigenvalue weighted by Crippen LogP contribution is -2.33. The summed E-state index contributed by atoms with van der Waals surface area (Å²) < 4.78 is 0. The van der Waals surface area contributed by atoms with Crippen LogP contribution >= 0.6 is 0 Å². The second-order valence-electron chi connectivity index (χ2n) is 4.90. The van der Waals surface area contributed by atoms with Crippen molar-refractivity contribution in [2.45, 2.75) is 32.2 Å². The molecule has 0 aliphatic carbocycles. The van der Waals surface area contributed by atoms with Gasteiger partial charge in [-0.15, -0.1) is 0 Å². The van der Waals surface area contributed by atoms with Crippen LogP contribution < -0.4 is 5.32 Å². The summed E-state index contributed by atoms with van der Waals surface area (Å²) in [7, 11) is 4.30. The van der Waals surface area contributed by atoms with Crippen LogP contribution in [0, 0.1) is 0 Å². The maximum atomic E-state index is 3.61. The largest absolute Gasteiger partial charge is 0.313 e. The van der Waals surface area contributed by atoms with Gasteiger partial charge in [0.05, 0.1) is 0 Å². The van der Waals surface area contributed by atoms with Crippen LogP contribution in [-0.2, 0) is 0 Å². The molecule has 1 saturated heterocycles. The van der Waals surface area contributed by atoms with Gasteiger partial charge in [-0.25, -0.2) is 0 Å². The maximum absolute atomic E-state index is 3.61. The van der Waals surface area contributed by atoms with Gasteiger partial charge in [0, 0.05) is 12.6 Å². The molecule has 1 N–H and O–H groups in total. The van der Waals surface area contributed by atoms with E-state index in [1.54, 1.807) is 0 Å². The fraction of sp³-hybridized carbons (Fsp3) is 1.00. The van der Waals surface area contributed by atoms with Crippen molar-refractivity contribution in [2.24, 2.45) is 0 Å². The number of nitrogens with zero attached hydrogens (tertiary/aromatic N) is 2. The van der Waals surface area contributed by atoms with Crippen molar-refractivity contribution in [1.29, 1.82) is 0 Å². The molecular formula is C12H27N3. The SMILES string of the molecule is CCCNC1CCN(CCCN(C)C)C1. The number of nitrogens with one attached hydrogen (secondary N) is 1. The fourth-order valence-electron chi connectivity index (χ4n) is 2.16. The Kier molecular flexibility index (Phi) is 6.22. The van der Waals surface area contributed by atoms with Crippen molar-refractivity contribution < 1.29 is 0 Å². The molecule has 0 radical (unpaired) electrons. The van der Waals surface area contributed by atoms with Crippen molar-refractivity contribution in [3.63, 3.8) is 0 Å². The molecule has 0 spiro atoms. The third kappa shape index (κ3) is 5.50. The molecule has 0 aromatic heterocycles. The van der Waals surface area contributed by atoms with Gasteiger partial charge in [0.1, 0.15) is 0 Å². The topological polar surface area (TPSA) is 18.5 Å². The van der Waals surface area contributed by atoms with Gasteiger partial charge < -0.3 is 15.1 Å². The lowest BCUT2D eigenvalue weighted by Gasteiger charge is -2.17. The molecule has 1 aliphatic rings. The van der Waals surface area contributed by atoms with Crippen LogP contribution in [0.1, 0.15) is 26.2 Å². The molecule has 0 aromatic rings. The number of likely N-dealkylation sites (tertiary alicyclic amines) is 1. The molecule has 15 heavy (non-hydrogen) atoms. The van der Waals surface area contributed by atoms with E-state index in [1.165, 1.54) is 52.0 Å². The summed E-state index contributed by atoms with van der Waals surface area (Å²) in [5.74, 6) is 0. The Balaban J connectivity index is 2.03. The second kappa shape index (κ2) is 7.20. The molecule has 1 fully saturated rings. The minimum absolute atomic E-state index is 0.754. The third-order valence-corrected chi connectivity index (χ3v) is 3.04. The smallest absolute Gasteiger partial charge is 0.0207 e. The highest BCUT2D eigenvalue weighted by molar-refractivity contribution is 4.80. The molecule has 3 nitrogen and oxygen atoms in total. The van der Waals surface area contributed by atoms with Crippen molar-refractivity contribution in [1.82, 2.24) is 15.1 Å². The van der Waals surface area contributed by atoms with Gasteiger partial charge in [-0.3, -0.25) is 0 Å². The Morgan fingerprint density at radius 1 is 1.40 bits per heavy atom. The predicted molar refractivity (Wildman–Crippen MR) is 66.3 cm³/mol. The molecule has 1 rings (SSSR count). The fourth-order valence-corrected chi connectivity index (χ4v) is 2.16. The first-order valence-corrected chi connectivity index (χ1v) is 6.33. The van der Waals surface area contributed by atoms with E-state index < -0.39 is 0 Å². The lowest BCUT2D eigenvalue weighted by atomic mass is 10.2. The van der Waals surface area contributed by atoms with Gasteiger partial charge >= 0.3 is 0 Å². The molecule has 3 heteroatoms. The zero-order valence-corrected chi connectivity index (χ0v) is 10.6. The van der Waals surface area contributed by atoms with Gasteiger partial charge in [0.25, 0.3) is 0 Å². The summed E-state index contributed by atoms with van der Waals surface area (Å²) in [6, 6.07) is 0.754. The first-order chi connectivity index (χ1) is 7.22. The lowest BCUT2D eigenvalue weighted by molar-refractivity contribution is 0.296. The normalized spacial score (nSPS) is 22.8. The van der Waals surface area contributed by atoms with Crippen molar-refractivity contribution >= 4 is 0 Å². The summed E-state index contributed by atoms with van der Waals surface area (Å²) in [5, 5.41) is 3.61. The Hall–Kier alpha value is -0.120. The molecule has 1 aliphatic heterocycles. The minimum atomic E-state index is 0.754. The van der Waals surface area contributed by atoms with Crippen LogP contribution in [0.15, 0.2) is 0 Å². The molecular weight excluding hydrogens is 186 g/mol. The summed E-state index contributed by atoms with van der Waals surface area (Å²) in [5.41, 5.74) is 0. The van der Waals surface area contributed by atoms with Crippen molar-refractivity contribution in [2.75, 3.05) is 46.8 Å². The monoisotopic (exact) mass is 213 g/mol. The second-order valence-corrected chi connectivity index (χ2v) is 4.90. The van der Waals surface area contributed by atoms with E-state index in [2.05, 4.69) is 36.1 Å². The molecule has 1 atom stereocenters. The Labute approximate surface area is 94.8 Å². The van der Waals surface area contributed by atoms with Crippen LogP contribution in [0.3, 0.4) is 0 Å². The van der Waals surface area contributed by atoms with Crippen molar-refractivity contribution in [3.05, 3.63) is 0 Å². The molecule has 0 amide bonds. The summed E-state index contributed by atoms with van der Waals surface area (Å²) >= 11 is 0. The van der Waals surface area contributed by atoms with E-state index in [9.17, 15) is 0 Å². The van der Waals surface area contributed by atoms with E-state index >= 15 is 0 Å². The average molecular weight is 213 g/mol. The van der Waals surface area contributed by atoms with E-state index in [0.29, 0.717) is 0 Å². The summed E-state index contributed by atoms with van der Waals surface area (Å²) in [6.45, 7) is 8.43. The zero-order chi connectivity index (χ0) is 11.1. The highest BCUT2D eigenvalue weighted by atomic mass is 15.2. The van der Waals surface area contributed by atoms with E-state index in [4.69, 9.17) is 0 Å². The summed E-state index contributed by atoms with van der Waals surface area (Å²) in [6.07, 6.45) is 3.88. The average Bonchev–Trinajstić information content (AvgIpc) is 2.62.